The van der Waals surface area contributed by atoms with Gasteiger partial charge in [-0.2, -0.15) is 0 Å². The number of hydrogen-bond acceptors (Lipinski definition) is 2. The number of fused-ring (bicyclic) bond motifs is 1. The number of aromatic nitrogens is 1. The van der Waals surface area contributed by atoms with Crippen molar-refractivity contribution in [1.82, 2.24) is 4.40 Å². The lowest BCUT2D eigenvalue weighted by molar-refractivity contribution is -0.384. The minimum absolute atomic E-state index is 0.116. The molecule has 0 aliphatic rings. The molecule has 0 spiro atoms. The Bertz CT molecular complexity index is 757. The fraction of sp³-hybridized carbons (Fsp3) is 0.0667. The highest BCUT2D eigenvalue weighted by Gasteiger charge is 2.11. The van der Waals surface area contributed by atoms with Gasteiger partial charge in [0.05, 0.1) is 10.4 Å². The molecule has 2 aromatic heterocycles. The van der Waals surface area contributed by atoms with Crippen LogP contribution < -0.4 is 0 Å². The van der Waals surface area contributed by atoms with E-state index in [1.54, 1.807) is 24.3 Å². The lowest BCUT2D eigenvalue weighted by Crippen LogP contribution is -1.87. The van der Waals surface area contributed by atoms with Crippen LogP contribution in [-0.2, 0) is 0 Å². The molecule has 0 amide bonds. The highest BCUT2D eigenvalue weighted by atomic mass is 16.6. The highest BCUT2D eigenvalue weighted by molar-refractivity contribution is 5.84. The molecule has 0 saturated heterocycles. The lowest BCUT2D eigenvalue weighted by Gasteiger charge is -2.02. The molecule has 1 aromatic carbocycles. The standard InChI is InChI=1S/C15H12N2O2/c1-11-10-16-9-3-2-4-14(16)15(11)12-5-7-13(8-6-12)17(18)19/h2-10H,1H3. The first-order valence-electron chi connectivity index (χ1n) is 5.98. The highest BCUT2D eigenvalue weighted by Crippen LogP contribution is 2.30. The SMILES string of the molecule is Cc1cn2ccccc2c1-c1ccc([N+](=O)[O-])cc1. The lowest BCUT2D eigenvalue weighted by atomic mass is 10.0. The number of pyridine rings is 1. The van der Waals surface area contributed by atoms with E-state index in [0.29, 0.717) is 0 Å². The second-order valence-corrected chi connectivity index (χ2v) is 4.48. The summed E-state index contributed by atoms with van der Waals surface area (Å²) in [6, 6.07) is 12.7. The van der Waals surface area contributed by atoms with Crippen LogP contribution in [0.5, 0.6) is 0 Å². The van der Waals surface area contributed by atoms with Crippen LogP contribution in [0.25, 0.3) is 16.6 Å². The average Bonchev–Trinajstić information content (AvgIpc) is 2.74. The van der Waals surface area contributed by atoms with E-state index in [2.05, 4.69) is 10.6 Å². The summed E-state index contributed by atoms with van der Waals surface area (Å²) in [7, 11) is 0. The van der Waals surface area contributed by atoms with Gasteiger partial charge in [-0.05, 0) is 42.3 Å². The van der Waals surface area contributed by atoms with Crippen molar-refractivity contribution < 1.29 is 4.92 Å². The third-order valence-corrected chi connectivity index (χ3v) is 3.24. The Labute approximate surface area is 110 Å². The molecule has 0 atom stereocenters. The number of rotatable bonds is 2. The maximum atomic E-state index is 10.7. The Morgan fingerprint density at radius 1 is 1.11 bits per heavy atom. The van der Waals surface area contributed by atoms with Crippen LogP contribution in [0.1, 0.15) is 5.56 Å². The van der Waals surface area contributed by atoms with E-state index in [9.17, 15) is 10.1 Å². The Morgan fingerprint density at radius 3 is 2.53 bits per heavy atom. The van der Waals surface area contributed by atoms with Gasteiger partial charge in [0.15, 0.2) is 0 Å². The number of nitrogens with zero attached hydrogens (tertiary/aromatic N) is 2. The molecule has 0 saturated carbocycles. The maximum Gasteiger partial charge on any atom is 0.269 e. The molecular formula is C15H12N2O2. The van der Waals surface area contributed by atoms with Crippen molar-refractivity contribution in [1.29, 1.82) is 0 Å². The monoisotopic (exact) mass is 252 g/mol. The van der Waals surface area contributed by atoms with Gasteiger partial charge in [-0.15, -0.1) is 0 Å². The zero-order valence-corrected chi connectivity index (χ0v) is 10.4. The van der Waals surface area contributed by atoms with E-state index >= 15 is 0 Å². The molecule has 0 fully saturated rings. The summed E-state index contributed by atoms with van der Waals surface area (Å²) >= 11 is 0. The van der Waals surface area contributed by atoms with Crippen LogP contribution in [0.3, 0.4) is 0 Å². The van der Waals surface area contributed by atoms with E-state index < -0.39 is 0 Å². The summed E-state index contributed by atoms with van der Waals surface area (Å²) in [5.41, 5.74) is 4.49. The normalized spacial score (nSPS) is 10.8. The van der Waals surface area contributed by atoms with Crippen molar-refractivity contribution in [3.63, 3.8) is 0 Å². The van der Waals surface area contributed by atoms with Crippen LogP contribution in [0.4, 0.5) is 5.69 Å². The third kappa shape index (κ3) is 1.87. The average molecular weight is 252 g/mol. The molecule has 0 bridgehead atoms. The first-order chi connectivity index (χ1) is 9.16. The molecule has 0 radical (unpaired) electrons. The second kappa shape index (κ2) is 4.24. The molecule has 0 unspecified atom stereocenters. The van der Waals surface area contributed by atoms with Crippen molar-refractivity contribution >= 4 is 11.2 Å². The van der Waals surface area contributed by atoms with Gasteiger partial charge in [-0.3, -0.25) is 10.1 Å². The van der Waals surface area contributed by atoms with Gasteiger partial charge in [-0.25, -0.2) is 0 Å². The minimum atomic E-state index is -0.380. The summed E-state index contributed by atoms with van der Waals surface area (Å²) < 4.78 is 2.06. The number of nitro benzene ring substituents is 1. The van der Waals surface area contributed by atoms with Gasteiger partial charge in [0.25, 0.3) is 5.69 Å². The van der Waals surface area contributed by atoms with E-state index in [-0.39, 0.29) is 10.6 Å². The van der Waals surface area contributed by atoms with Crippen molar-refractivity contribution in [2.75, 3.05) is 0 Å². The van der Waals surface area contributed by atoms with Crippen molar-refractivity contribution in [2.45, 2.75) is 6.92 Å². The number of nitro groups is 1. The van der Waals surface area contributed by atoms with Crippen molar-refractivity contribution in [2.24, 2.45) is 0 Å². The summed E-state index contributed by atoms with van der Waals surface area (Å²) in [5.74, 6) is 0. The first-order valence-corrected chi connectivity index (χ1v) is 5.98. The zero-order valence-electron chi connectivity index (χ0n) is 10.4. The molecule has 0 N–H and O–H groups in total. The maximum absolute atomic E-state index is 10.7. The van der Waals surface area contributed by atoms with E-state index in [0.717, 1.165) is 22.2 Å². The summed E-state index contributed by atoms with van der Waals surface area (Å²) in [6.07, 6.45) is 4.06. The Balaban J connectivity index is 2.18. The zero-order chi connectivity index (χ0) is 13.4. The first kappa shape index (κ1) is 11.5. The molecule has 94 valence electrons. The number of aryl methyl sites for hydroxylation is 1. The van der Waals surface area contributed by atoms with E-state index in [1.165, 1.54) is 0 Å². The van der Waals surface area contributed by atoms with Gasteiger partial charge in [0.1, 0.15) is 0 Å². The third-order valence-electron chi connectivity index (χ3n) is 3.24. The topological polar surface area (TPSA) is 47.5 Å². The molecule has 19 heavy (non-hydrogen) atoms. The molecule has 4 heteroatoms. The molecule has 2 heterocycles. The van der Waals surface area contributed by atoms with Gasteiger partial charge < -0.3 is 4.40 Å². The molecule has 0 aliphatic heterocycles. The largest absolute Gasteiger partial charge is 0.323 e. The van der Waals surface area contributed by atoms with E-state index in [1.807, 2.05) is 31.3 Å². The van der Waals surface area contributed by atoms with Gasteiger partial charge >= 0.3 is 0 Å². The van der Waals surface area contributed by atoms with Crippen LogP contribution in [0.2, 0.25) is 0 Å². The fourth-order valence-corrected chi connectivity index (χ4v) is 2.38. The van der Waals surface area contributed by atoms with Gasteiger partial charge in [0.2, 0.25) is 0 Å². The Kier molecular flexibility index (Phi) is 2.56. The summed E-state index contributed by atoms with van der Waals surface area (Å²) in [6.45, 7) is 2.05. The van der Waals surface area contributed by atoms with Crippen LogP contribution in [0.15, 0.2) is 54.9 Å². The Morgan fingerprint density at radius 2 is 1.84 bits per heavy atom. The van der Waals surface area contributed by atoms with Crippen LogP contribution >= 0.6 is 0 Å². The van der Waals surface area contributed by atoms with Gasteiger partial charge in [0, 0.05) is 30.1 Å². The molecule has 4 nitrogen and oxygen atoms in total. The summed E-state index contributed by atoms with van der Waals surface area (Å²) in [4.78, 5) is 10.3. The molecule has 0 aliphatic carbocycles. The summed E-state index contributed by atoms with van der Waals surface area (Å²) in [5, 5.41) is 10.7. The van der Waals surface area contributed by atoms with Crippen LogP contribution in [-0.4, -0.2) is 9.32 Å². The van der Waals surface area contributed by atoms with Crippen LogP contribution in [0, 0.1) is 17.0 Å². The van der Waals surface area contributed by atoms with E-state index in [4.69, 9.17) is 0 Å². The van der Waals surface area contributed by atoms with Crippen molar-refractivity contribution in [3.05, 3.63) is 70.5 Å². The molecular weight excluding hydrogens is 240 g/mol. The number of benzene rings is 1. The quantitative estimate of drug-likeness (QED) is 0.514. The molecule has 3 aromatic rings. The predicted molar refractivity (Wildman–Crippen MR) is 74.2 cm³/mol. The van der Waals surface area contributed by atoms with Gasteiger partial charge in [-0.1, -0.05) is 6.07 Å². The van der Waals surface area contributed by atoms with Crippen molar-refractivity contribution in [3.8, 4) is 11.1 Å². The smallest absolute Gasteiger partial charge is 0.269 e. The second-order valence-electron chi connectivity index (χ2n) is 4.48. The fourth-order valence-electron chi connectivity index (χ4n) is 2.38. The number of non-ortho nitro benzene ring substituents is 1. The minimum Gasteiger partial charge on any atom is -0.323 e. The predicted octanol–water partition coefficient (Wildman–Crippen LogP) is 3.82. The Hall–Kier alpha value is -2.62. The number of hydrogen-bond donors (Lipinski definition) is 0. The molecule has 3 rings (SSSR count).